The highest BCUT2D eigenvalue weighted by atomic mass is 14.7. The Morgan fingerprint density at radius 2 is 0.882 bits per heavy atom. The molecular formula is C32H24N2. The van der Waals surface area contributed by atoms with E-state index in [1.165, 1.54) is 32.7 Å². The number of aromatic nitrogens is 2. The van der Waals surface area contributed by atoms with E-state index in [-0.39, 0.29) is 0 Å². The predicted molar refractivity (Wildman–Crippen MR) is 143 cm³/mol. The van der Waals surface area contributed by atoms with Gasteiger partial charge in [0.05, 0.1) is 11.4 Å². The molecule has 0 aliphatic rings. The number of fused-ring (bicyclic) bond motifs is 2. The summed E-state index contributed by atoms with van der Waals surface area (Å²) in [6, 6.07) is 34.3. The molecule has 0 saturated heterocycles. The van der Waals surface area contributed by atoms with Gasteiger partial charge >= 0.3 is 0 Å². The van der Waals surface area contributed by atoms with E-state index >= 15 is 0 Å². The van der Waals surface area contributed by atoms with Gasteiger partial charge in [0.25, 0.3) is 0 Å². The Morgan fingerprint density at radius 1 is 0.471 bits per heavy atom. The minimum atomic E-state index is 0.983. The Bertz CT molecular complexity index is 1540. The van der Waals surface area contributed by atoms with Crippen LogP contribution in [-0.4, -0.2) is 9.97 Å². The summed E-state index contributed by atoms with van der Waals surface area (Å²) < 4.78 is 0. The molecule has 4 aromatic carbocycles. The van der Waals surface area contributed by atoms with E-state index < -0.39 is 0 Å². The van der Waals surface area contributed by atoms with Crippen LogP contribution in [0.4, 0.5) is 0 Å². The van der Waals surface area contributed by atoms with Crippen LogP contribution in [0.5, 0.6) is 0 Å². The van der Waals surface area contributed by atoms with Gasteiger partial charge < -0.3 is 0 Å². The van der Waals surface area contributed by atoms with Crippen molar-refractivity contribution in [2.24, 2.45) is 0 Å². The maximum Gasteiger partial charge on any atom is 0.0714 e. The third kappa shape index (κ3) is 3.45. The fraction of sp³-hybridized carbons (Fsp3) is 0.0625. The highest BCUT2D eigenvalue weighted by Gasteiger charge is 2.11. The number of hydrogen-bond donors (Lipinski definition) is 0. The van der Waals surface area contributed by atoms with Gasteiger partial charge in [-0.2, -0.15) is 0 Å². The normalized spacial score (nSPS) is 11.2. The summed E-state index contributed by atoms with van der Waals surface area (Å²) in [7, 11) is 0. The Morgan fingerprint density at radius 3 is 1.32 bits per heavy atom. The lowest BCUT2D eigenvalue weighted by Gasteiger charge is -2.12. The average Bonchev–Trinajstić information content (AvgIpc) is 2.89. The molecule has 0 atom stereocenters. The molecule has 6 rings (SSSR count). The molecule has 0 radical (unpaired) electrons. The third-order valence-electron chi connectivity index (χ3n) is 6.63. The van der Waals surface area contributed by atoms with Crippen LogP contribution in [0.1, 0.15) is 11.1 Å². The van der Waals surface area contributed by atoms with Crippen LogP contribution in [0.15, 0.2) is 109 Å². The van der Waals surface area contributed by atoms with Crippen LogP contribution in [0, 0.1) is 13.8 Å². The first-order valence-electron chi connectivity index (χ1n) is 11.6. The topological polar surface area (TPSA) is 25.8 Å². The minimum absolute atomic E-state index is 0.983. The molecule has 2 nitrogen and oxygen atoms in total. The molecule has 6 aromatic rings. The largest absolute Gasteiger partial charge is 0.256 e. The van der Waals surface area contributed by atoms with Crippen LogP contribution in [0.2, 0.25) is 0 Å². The van der Waals surface area contributed by atoms with Crippen molar-refractivity contribution in [2.75, 3.05) is 0 Å². The number of pyridine rings is 2. The average molecular weight is 437 g/mol. The molecule has 0 amide bonds. The number of hydrogen-bond acceptors (Lipinski definition) is 2. The zero-order chi connectivity index (χ0) is 23.1. The molecule has 0 unspecified atom stereocenters. The lowest BCUT2D eigenvalue weighted by atomic mass is 9.95. The van der Waals surface area contributed by atoms with Crippen molar-refractivity contribution >= 4 is 21.5 Å². The van der Waals surface area contributed by atoms with Crippen LogP contribution >= 0.6 is 0 Å². The molecule has 0 aliphatic heterocycles. The minimum Gasteiger partial charge on any atom is -0.256 e. The van der Waals surface area contributed by atoms with Crippen molar-refractivity contribution in [3.8, 4) is 33.6 Å². The van der Waals surface area contributed by atoms with Gasteiger partial charge in [0.15, 0.2) is 0 Å². The van der Waals surface area contributed by atoms with Gasteiger partial charge in [0.1, 0.15) is 0 Å². The quantitative estimate of drug-likeness (QED) is 0.278. The van der Waals surface area contributed by atoms with Crippen molar-refractivity contribution in [3.63, 3.8) is 0 Å². The maximum atomic E-state index is 4.74. The van der Waals surface area contributed by atoms with Crippen LogP contribution in [0.3, 0.4) is 0 Å². The van der Waals surface area contributed by atoms with Crippen LogP contribution in [0.25, 0.3) is 55.2 Å². The lowest BCUT2D eigenvalue weighted by Crippen LogP contribution is -1.91. The highest BCUT2D eigenvalue weighted by molar-refractivity contribution is 6.00. The van der Waals surface area contributed by atoms with Crippen molar-refractivity contribution < 1.29 is 0 Å². The number of rotatable bonds is 3. The molecule has 162 valence electrons. The predicted octanol–water partition coefficient (Wildman–Crippen LogP) is 8.40. The van der Waals surface area contributed by atoms with Crippen LogP contribution < -0.4 is 0 Å². The number of aryl methyl sites for hydroxylation is 2. The van der Waals surface area contributed by atoms with Crippen molar-refractivity contribution in [3.05, 3.63) is 121 Å². The second-order valence-electron chi connectivity index (χ2n) is 8.82. The van der Waals surface area contributed by atoms with E-state index in [0.717, 1.165) is 33.6 Å². The van der Waals surface area contributed by atoms with Crippen molar-refractivity contribution in [1.82, 2.24) is 9.97 Å². The first-order valence-corrected chi connectivity index (χ1v) is 11.6. The molecule has 0 spiro atoms. The molecule has 0 fully saturated rings. The van der Waals surface area contributed by atoms with Crippen LogP contribution in [-0.2, 0) is 0 Å². The standard InChI is InChI=1S/C32H24N2/c1-21-7-3-9-23-11-5-13-27(31(21)23)29-19-25(15-17-33-29)26-16-18-34-30(20-26)28-14-6-12-24-10-4-8-22(2)32(24)28/h3-20H,1-2H3. The first-order chi connectivity index (χ1) is 16.7. The van der Waals surface area contributed by atoms with E-state index in [4.69, 9.17) is 9.97 Å². The van der Waals surface area contributed by atoms with Gasteiger partial charge in [0.2, 0.25) is 0 Å². The molecule has 0 bridgehead atoms. The number of nitrogens with zero attached hydrogens (tertiary/aromatic N) is 2. The summed E-state index contributed by atoms with van der Waals surface area (Å²) in [6.07, 6.45) is 3.81. The zero-order valence-electron chi connectivity index (χ0n) is 19.3. The van der Waals surface area contributed by atoms with Crippen molar-refractivity contribution in [1.29, 1.82) is 0 Å². The highest BCUT2D eigenvalue weighted by Crippen LogP contribution is 2.34. The molecular weight excluding hydrogens is 412 g/mol. The third-order valence-corrected chi connectivity index (χ3v) is 6.63. The summed E-state index contributed by atoms with van der Waals surface area (Å²) in [5.74, 6) is 0. The molecule has 0 aliphatic carbocycles. The fourth-order valence-electron chi connectivity index (χ4n) is 5.00. The van der Waals surface area contributed by atoms with Gasteiger partial charge in [-0.15, -0.1) is 0 Å². The van der Waals surface area contributed by atoms with E-state index in [2.05, 4.69) is 111 Å². The monoisotopic (exact) mass is 436 g/mol. The molecule has 34 heavy (non-hydrogen) atoms. The van der Waals surface area contributed by atoms with Gasteiger partial charge in [-0.05, 0) is 81.9 Å². The summed E-state index contributed by atoms with van der Waals surface area (Å²) in [6.45, 7) is 4.33. The molecule has 2 heteroatoms. The number of benzene rings is 4. The second-order valence-corrected chi connectivity index (χ2v) is 8.82. The molecule has 0 saturated carbocycles. The summed E-state index contributed by atoms with van der Waals surface area (Å²) in [4.78, 5) is 9.49. The van der Waals surface area contributed by atoms with Gasteiger partial charge in [-0.25, -0.2) is 0 Å². The van der Waals surface area contributed by atoms with E-state index in [1.54, 1.807) is 0 Å². The lowest BCUT2D eigenvalue weighted by molar-refractivity contribution is 1.31. The van der Waals surface area contributed by atoms with Crippen molar-refractivity contribution in [2.45, 2.75) is 13.8 Å². The molecule has 2 heterocycles. The van der Waals surface area contributed by atoms with Gasteiger partial charge in [-0.3, -0.25) is 9.97 Å². The maximum absolute atomic E-state index is 4.74. The Balaban J connectivity index is 1.48. The van der Waals surface area contributed by atoms with Gasteiger partial charge in [-0.1, -0.05) is 72.8 Å². The summed E-state index contributed by atoms with van der Waals surface area (Å²) in [5.41, 5.74) is 9.09. The Hall–Kier alpha value is -4.30. The molecule has 2 aromatic heterocycles. The SMILES string of the molecule is Cc1cccc2cccc(-c3cc(-c4ccnc(-c5cccc6cccc(C)c56)c4)ccn3)c12. The Kier molecular flexibility index (Phi) is 4.92. The summed E-state index contributed by atoms with van der Waals surface area (Å²) in [5, 5.41) is 5.00. The van der Waals surface area contributed by atoms with E-state index in [9.17, 15) is 0 Å². The summed E-state index contributed by atoms with van der Waals surface area (Å²) >= 11 is 0. The Labute approximate surface area is 199 Å². The van der Waals surface area contributed by atoms with E-state index in [0.29, 0.717) is 0 Å². The van der Waals surface area contributed by atoms with E-state index in [1.807, 2.05) is 12.4 Å². The first kappa shape index (κ1) is 20.3. The molecule has 0 N–H and O–H groups in total. The zero-order valence-corrected chi connectivity index (χ0v) is 19.3. The van der Waals surface area contributed by atoms with Gasteiger partial charge in [0, 0.05) is 23.5 Å². The fourth-order valence-corrected chi connectivity index (χ4v) is 5.00. The smallest absolute Gasteiger partial charge is 0.0714 e. The second kappa shape index (κ2) is 8.24.